The van der Waals surface area contributed by atoms with Crippen molar-refractivity contribution >= 4 is 11.8 Å². The van der Waals surface area contributed by atoms with Crippen LogP contribution >= 0.6 is 0 Å². The Labute approximate surface area is 140 Å². The van der Waals surface area contributed by atoms with Gasteiger partial charge in [-0.2, -0.15) is 0 Å². The van der Waals surface area contributed by atoms with Crippen LogP contribution in [0.25, 0.3) is 0 Å². The van der Waals surface area contributed by atoms with E-state index in [0.717, 1.165) is 25.9 Å². The Morgan fingerprint density at radius 1 is 1.13 bits per heavy atom. The van der Waals surface area contributed by atoms with Crippen molar-refractivity contribution in [2.24, 2.45) is 17.3 Å². The van der Waals surface area contributed by atoms with Crippen LogP contribution in [0, 0.1) is 17.3 Å². The minimum Gasteiger partial charge on any atom is -0.378 e. The van der Waals surface area contributed by atoms with Crippen molar-refractivity contribution in [3.63, 3.8) is 0 Å². The SMILES string of the molecule is CC(C)CC[C@@]1(CCN2C(=O)CCC2=O)CCO[C@H](C(C)C)C1. The zero-order valence-corrected chi connectivity index (χ0v) is 15.3. The average Bonchev–Trinajstić information content (AvgIpc) is 2.82. The number of hydrogen-bond acceptors (Lipinski definition) is 3. The smallest absolute Gasteiger partial charge is 0.229 e. The van der Waals surface area contributed by atoms with E-state index in [2.05, 4.69) is 27.7 Å². The van der Waals surface area contributed by atoms with E-state index in [1.165, 1.54) is 17.7 Å². The minimum atomic E-state index is 0.0153. The second-order valence-electron chi connectivity index (χ2n) is 8.23. The molecule has 0 aliphatic carbocycles. The molecule has 0 bridgehead atoms. The normalized spacial score (nSPS) is 29.1. The van der Waals surface area contributed by atoms with Gasteiger partial charge in [-0.3, -0.25) is 14.5 Å². The molecule has 0 unspecified atom stereocenters. The first-order valence-corrected chi connectivity index (χ1v) is 9.28. The number of carbonyl (C=O) groups is 2. The van der Waals surface area contributed by atoms with Crippen LogP contribution in [0.4, 0.5) is 0 Å². The second-order valence-corrected chi connectivity index (χ2v) is 8.23. The standard InChI is InChI=1S/C19H33NO3/c1-14(2)7-8-19(10-12-23-16(13-19)15(3)4)9-11-20-17(21)5-6-18(20)22/h14-16H,5-13H2,1-4H3/t16-,19+/m0/s1. The first-order valence-electron chi connectivity index (χ1n) is 9.28. The molecular formula is C19H33NO3. The lowest BCUT2D eigenvalue weighted by Crippen LogP contribution is -2.41. The second kappa shape index (κ2) is 7.78. The summed E-state index contributed by atoms with van der Waals surface area (Å²) in [5.41, 5.74) is 0.223. The molecule has 2 rings (SSSR count). The average molecular weight is 323 g/mol. The largest absolute Gasteiger partial charge is 0.378 e. The summed E-state index contributed by atoms with van der Waals surface area (Å²) in [4.78, 5) is 25.3. The summed E-state index contributed by atoms with van der Waals surface area (Å²) >= 11 is 0. The molecule has 2 saturated heterocycles. The van der Waals surface area contributed by atoms with E-state index < -0.39 is 0 Å². The monoisotopic (exact) mass is 323 g/mol. The Bertz CT molecular complexity index is 416. The first-order chi connectivity index (χ1) is 10.8. The third-order valence-electron chi connectivity index (χ3n) is 5.61. The number of rotatable bonds is 7. The van der Waals surface area contributed by atoms with Gasteiger partial charge in [0.25, 0.3) is 0 Å². The highest BCUT2D eigenvalue weighted by molar-refractivity contribution is 6.01. The Hall–Kier alpha value is -0.900. The molecule has 0 N–H and O–H groups in total. The number of imide groups is 1. The lowest BCUT2D eigenvalue weighted by molar-refractivity contribution is -0.139. The molecule has 0 aromatic heterocycles. The molecule has 2 aliphatic heterocycles. The van der Waals surface area contributed by atoms with E-state index in [4.69, 9.17) is 4.74 Å². The number of ether oxygens (including phenoxy) is 1. The van der Waals surface area contributed by atoms with Crippen LogP contribution in [0.3, 0.4) is 0 Å². The van der Waals surface area contributed by atoms with Gasteiger partial charge in [-0.15, -0.1) is 0 Å². The quantitative estimate of drug-likeness (QED) is 0.670. The number of amides is 2. The van der Waals surface area contributed by atoms with Crippen LogP contribution in [0.15, 0.2) is 0 Å². The van der Waals surface area contributed by atoms with Crippen molar-refractivity contribution in [3.8, 4) is 0 Å². The molecule has 0 radical (unpaired) electrons. The molecule has 2 fully saturated rings. The Morgan fingerprint density at radius 3 is 2.35 bits per heavy atom. The fourth-order valence-electron chi connectivity index (χ4n) is 3.84. The van der Waals surface area contributed by atoms with Crippen LogP contribution in [0.1, 0.15) is 72.6 Å². The zero-order chi connectivity index (χ0) is 17.0. The van der Waals surface area contributed by atoms with Crippen molar-refractivity contribution in [2.45, 2.75) is 78.7 Å². The van der Waals surface area contributed by atoms with E-state index >= 15 is 0 Å². The highest BCUT2D eigenvalue weighted by Gasteiger charge is 2.39. The fraction of sp³-hybridized carbons (Fsp3) is 0.895. The molecule has 0 aromatic carbocycles. The van der Waals surface area contributed by atoms with E-state index in [-0.39, 0.29) is 17.2 Å². The lowest BCUT2D eigenvalue weighted by atomic mass is 9.69. The van der Waals surface area contributed by atoms with Crippen molar-refractivity contribution in [2.75, 3.05) is 13.2 Å². The predicted octanol–water partition coefficient (Wildman–Crippen LogP) is 3.78. The highest BCUT2D eigenvalue weighted by atomic mass is 16.5. The maximum Gasteiger partial charge on any atom is 0.229 e. The molecule has 2 aliphatic rings. The molecule has 23 heavy (non-hydrogen) atoms. The van der Waals surface area contributed by atoms with Crippen LogP contribution in [0.2, 0.25) is 0 Å². The van der Waals surface area contributed by atoms with Crippen molar-refractivity contribution < 1.29 is 14.3 Å². The number of nitrogens with zero attached hydrogens (tertiary/aromatic N) is 1. The molecular weight excluding hydrogens is 290 g/mol. The first kappa shape index (κ1) is 18.4. The van der Waals surface area contributed by atoms with E-state index in [1.807, 2.05) is 0 Å². The van der Waals surface area contributed by atoms with Crippen molar-refractivity contribution in [3.05, 3.63) is 0 Å². The predicted molar refractivity (Wildman–Crippen MR) is 90.9 cm³/mol. The summed E-state index contributed by atoms with van der Waals surface area (Å²) in [6.45, 7) is 10.4. The van der Waals surface area contributed by atoms with Gasteiger partial charge in [0.1, 0.15) is 0 Å². The van der Waals surface area contributed by atoms with Gasteiger partial charge in [0, 0.05) is 26.0 Å². The van der Waals surface area contributed by atoms with Crippen LogP contribution < -0.4 is 0 Å². The maximum atomic E-state index is 11.9. The zero-order valence-electron chi connectivity index (χ0n) is 15.3. The minimum absolute atomic E-state index is 0.0153. The van der Waals surface area contributed by atoms with E-state index in [1.54, 1.807) is 0 Å². The van der Waals surface area contributed by atoms with Crippen molar-refractivity contribution in [1.82, 2.24) is 4.90 Å². The molecule has 2 amide bonds. The van der Waals surface area contributed by atoms with Gasteiger partial charge >= 0.3 is 0 Å². The molecule has 4 heteroatoms. The molecule has 0 saturated carbocycles. The summed E-state index contributed by atoms with van der Waals surface area (Å²) < 4.78 is 5.97. The molecule has 0 spiro atoms. The lowest BCUT2D eigenvalue weighted by Gasteiger charge is -2.43. The van der Waals surface area contributed by atoms with Gasteiger partial charge in [0.15, 0.2) is 0 Å². The van der Waals surface area contributed by atoms with Gasteiger partial charge < -0.3 is 4.74 Å². The third-order valence-corrected chi connectivity index (χ3v) is 5.61. The van der Waals surface area contributed by atoms with E-state index in [9.17, 15) is 9.59 Å². The molecule has 2 atom stereocenters. The van der Waals surface area contributed by atoms with Gasteiger partial charge in [-0.1, -0.05) is 34.1 Å². The Morgan fingerprint density at radius 2 is 1.78 bits per heavy atom. The Kier molecular flexibility index (Phi) is 6.24. The van der Waals surface area contributed by atoms with Crippen LogP contribution in [-0.4, -0.2) is 36.0 Å². The topological polar surface area (TPSA) is 46.6 Å². The van der Waals surface area contributed by atoms with Gasteiger partial charge in [0.2, 0.25) is 11.8 Å². The van der Waals surface area contributed by atoms with Gasteiger partial charge in [-0.05, 0) is 42.9 Å². The number of hydrogen-bond donors (Lipinski definition) is 0. The van der Waals surface area contributed by atoms with Crippen LogP contribution in [0.5, 0.6) is 0 Å². The molecule has 4 nitrogen and oxygen atoms in total. The summed E-state index contributed by atoms with van der Waals surface area (Å²) in [5, 5.41) is 0. The maximum absolute atomic E-state index is 11.9. The molecule has 0 aromatic rings. The van der Waals surface area contributed by atoms with Crippen molar-refractivity contribution in [1.29, 1.82) is 0 Å². The Balaban J connectivity index is 2.03. The summed E-state index contributed by atoms with van der Waals surface area (Å²) in [5.74, 6) is 1.23. The molecule has 132 valence electrons. The number of likely N-dealkylation sites (tertiary alicyclic amines) is 1. The van der Waals surface area contributed by atoms with E-state index in [0.29, 0.717) is 37.3 Å². The summed E-state index contributed by atoms with van der Waals surface area (Å²) in [6.07, 6.45) is 6.53. The van der Waals surface area contributed by atoms with Crippen LogP contribution in [-0.2, 0) is 14.3 Å². The summed E-state index contributed by atoms with van der Waals surface area (Å²) in [7, 11) is 0. The summed E-state index contributed by atoms with van der Waals surface area (Å²) in [6, 6.07) is 0. The number of carbonyl (C=O) groups excluding carboxylic acids is 2. The third kappa shape index (κ3) is 4.79. The molecule has 2 heterocycles. The van der Waals surface area contributed by atoms with Gasteiger partial charge in [0.05, 0.1) is 6.10 Å². The highest BCUT2D eigenvalue weighted by Crippen LogP contribution is 2.43. The fourth-order valence-corrected chi connectivity index (χ4v) is 3.84. The van der Waals surface area contributed by atoms with Gasteiger partial charge in [-0.25, -0.2) is 0 Å².